The number of aromatic hydroxyl groups is 1. The van der Waals surface area contributed by atoms with Gasteiger partial charge in [0.2, 0.25) is 5.91 Å². The molecule has 20 heavy (non-hydrogen) atoms. The molecule has 0 aliphatic carbocycles. The van der Waals surface area contributed by atoms with Crippen LogP contribution in [0.5, 0.6) is 5.75 Å². The molecule has 1 aromatic carbocycles. The van der Waals surface area contributed by atoms with Crippen LogP contribution in [0.4, 0.5) is 0 Å². The molecule has 4 heteroatoms. The van der Waals surface area contributed by atoms with Gasteiger partial charge in [-0.05, 0) is 48.9 Å². The van der Waals surface area contributed by atoms with Crippen molar-refractivity contribution in [3.63, 3.8) is 0 Å². The number of carbonyl (C=O) groups is 1. The minimum absolute atomic E-state index is 0.174. The van der Waals surface area contributed by atoms with Gasteiger partial charge in [-0.3, -0.25) is 4.79 Å². The Balaban J connectivity index is 1.51. The molecule has 3 unspecified atom stereocenters. The molecule has 0 radical (unpaired) electrons. The number of phenolic OH excluding ortho intramolecular Hbond substituents is 1. The van der Waals surface area contributed by atoms with E-state index in [1.807, 2.05) is 11.0 Å². The molecule has 2 N–H and O–H groups in total. The van der Waals surface area contributed by atoms with E-state index in [2.05, 4.69) is 5.32 Å². The molecule has 3 atom stereocenters. The standard InChI is InChI=1S/C16H20N2O2/c19-13-3-1-10-5-6-18(9-11(10)7-13)16(20)14-8-12-2-4-15(14)17-12/h1,3,7,12,14-15,17,19H,2,4-6,8-9H2. The Hall–Kier alpha value is -1.55. The van der Waals surface area contributed by atoms with E-state index in [-0.39, 0.29) is 5.92 Å². The first-order valence-corrected chi connectivity index (χ1v) is 7.56. The Morgan fingerprint density at radius 1 is 1.30 bits per heavy atom. The van der Waals surface area contributed by atoms with Gasteiger partial charge in [-0.1, -0.05) is 6.07 Å². The van der Waals surface area contributed by atoms with Gasteiger partial charge in [-0.25, -0.2) is 0 Å². The first-order valence-electron chi connectivity index (χ1n) is 7.56. The van der Waals surface area contributed by atoms with E-state index < -0.39 is 0 Å². The number of amides is 1. The summed E-state index contributed by atoms with van der Waals surface area (Å²) in [6, 6.07) is 6.48. The average molecular weight is 272 g/mol. The van der Waals surface area contributed by atoms with E-state index in [1.165, 1.54) is 12.0 Å². The zero-order valence-electron chi connectivity index (χ0n) is 11.5. The van der Waals surface area contributed by atoms with E-state index in [0.717, 1.165) is 31.4 Å². The molecular weight excluding hydrogens is 252 g/mol. The number of nitrogens with zero attached hydrogens (tertiary/aromatic N) is 1. The van der Waals surface area contributed by atoms with Crippen LogP contribution >= 0.6 is 0 Å². The largest absolute Gasteiger partial charge is 0.508 e. The van der Waals surface area contributed by atoms with Crippen LogP contribution in [0.25, 0.3) is 0 Å². The number of rotatable bonds is 1. The molecule has 1 amide bonds. The molecule has 0 aromatic heterocycles. The Labute approximate surface area is 118 Å². The summed E-state index contributed by atoms with van der Waals surface area (Å²) >= 11 is 0. The molecule has 106 valence electrons. The predicted molar refractivity (Wildman–Crippen MR) is 75.3 cm³/mol. The smallest absolute Gasteiger partial charge is 0.227 e. The number of fused-ring (bicyclic) bond motifs is 3. The summed E-state index contributed by atoms with van der Waals surface area (Å²) in [5, 5.41) is 13.1. The summed E-state index contributed by atoms with van der Waals surface area (Å²) < 4.78 is 0. The topological polar surface area (TPSA) is 52.6 Å². The normalized spacial score (nSPS) is 31.4. The maximum absolute atomic E-state index is 12.7. The van der Waals surface area contributed by atoms with E-state index in [1.54, 1.807) is 12.1 Å². The second kappa shape index (κ2) is 4.48. The van der Waals surface area contributed by atoms with Crippen molar-refractivity contribution in [1.29, 1.82) is 0 Å². The second-order valence-electron chi connectivity index (χ2n) is 6.35. The van der Waals surface area contributed by atoms with Crippen molar-refractivity contribution in [2.24, 2.45) is 5.92 Å². The minimum atomic E-state index is 0.174. The first-order chi connectivity index (χ1) is 9.70. The zero-order valence-corrected chi connectivity index (χ0v) is 11.5. The third-order valence-corrected chi connectivity index (χ3v) is 5.13. The molecular formula is C16H20N2O2. The monoisotopic (exact) mass is 272 g/mol. The number of benzene rings is 1. The number of hydrogen-bond acceptors (Lipinski definition) is 3. The van der Waals surface area contributed by atoms with Crippen molar-refractivity contribution in [1.82, 2.24) is 10.2 Å². The highest BCUT2D eigenvalue weighted by Crippen LogP contribution is 2.35. The first kappa shape index (κ1) is 12.2. The SMILES string of the molecule is O=C(C1CC2CCC1N2)N1CCc2ccc(O)cc2C1. The minimum Gasteiger partial charge on any atom is -0.508 e. The van der Waals surface area contributed by atoms with Gasteiger partial charge in [0.1, 0.15) is 5.75 Å². The molecule has 2 fully saturated rings. The van der Waals surface area contributed by atoms with Crippen LogP contribution in [-0.4, -0.2) is 34.5 Å². The van der Waals surface area contributed by atoms with Gasteiger partial charge < -0.3 is 15.3 Å². The summed E-state index contributed by atoms with van der Waals surface area (Å²) in [4.78, 5) is 14.7. The van der Waals surface area contributed by atoms with E-state index in [0.29, 0.717) is 30.3 Å². The molecule has 2 bridgehead atoms. The molecule has 3 aliphatic heterocycles. The number of hydrogen-bond donors (Lipinski definition) is 2. The van der Waals surface area contributed by atoms with Crippen molar-refractivity contribution in [3.8, 4) is 5.75 Å². The van der Waals surface area contributed by atoms with Crippen LogP contribution in [-0.2, 0) is 17.8 Å². The van der Waals surface area contributed by atoms with Crippen LogP contribution in [0.2, 0.25) is 0 Å². The van der Waals surface area contributed by atoms with Crippen molar-refractivity contribution in [2.75, 3.05) is 6.54 Å². The van der Waals surface area contributed by atoms with E-state index in [4.69, 9.17) is 0 Å². The molecule has 4 rings (SSSR count). The summed E-state index contributed by atoms with van der Waals surface area (Å²) in [5.41, 5.74) is 2.36. The Bertz CT molecular complexity index is 557. The van der Waals surface area contributed by atoms with Crippen LogP contribution in [0.1, 0.15) is 30.4 Å². The highest BCUT2D eigenvalue weighted by molar-refractivity contribution is 5.80. The van der Waals surface area contributed by atoms with Crippen LogP contribution < -0.4 is 5.32 Å². The zero-order chi connectivity index (χ0) is 13.7. The lowest BCUT2D eigenvalue weighted by molar-refractivity contribution is -0.137. The fraction of sp³-hybridized carbons (Fsp3) is 0.562. The molecule has 3 aliphatic rings. The van der Waals surface area contributed by atoms with Crippen molar-refractivity contribution >= 4 is 5.91 Å². The number of nitrogens with one attached hydrogen (secondary N) is 1. The highest BCUT2D eigenvalue weighted by atomic mass is 16.3. The van der Waals surface area contributed by atoms with Gasteiger partial charge in [-0.2, -0.15) is 0 Å². The van der Waals surface area contributed by atoms with Crippen molar-refractivity contribution in [3.05, 3.63) is 29.3 Å². The molecule has 1 aromatic rings. The molecule has 4 nitrogen and oxygen atoms in total. The average Bonchev–Trinajstić information content (AvgIpc) is 3.08. The van der Waals surface area contributed by atoms with Gasteiger partial charge in [0, 0.05) is 25.2 Å². The Morgan fingerprint density at radius 2 is 2.20 bits per heavy atom. The second-order valence-corrected chi connectivity index (χ2v) is 6.35. The lowest BCUT2D eigenvalue weighted by atomic mass is 9.87. The number of carbonyl (C=O) groups excluding carboxylic acids is 1. The summed E-state index contributed by atoms with van der Waals surface area (Å²) in [7, 11) is 0. The van der Waals surface area contributed by atoms with Gasteiger partial charge in [0.25, 0.3) is 0 Å². The molecule has 0 spiro atoms. The van der Waals surface area contributed by atoms with Crippen LogP contribution in [0, 0.1) is 5.92 Å². The van der Waals surface area contributed by atoms with Crippen LogP contribution in [0.3, 0.4) is 0 Å². The molecule has 2 saturated heterocycles. The maximum atomic E-state index is 12.7. The Kier molecular flexibility index (Phi) is 2.74. The molecule has 0 saturated carbocycles. The number of phenols is 1. The van der Waals surface area contributed by atoms with Crippen molar-refractivity contribution in [2.45, 2.75) is 44.3 Å². The van der Waals surface area contributed by atoms with Gasteiger partial charge >= 0.3 is 0 Å². The quantitative estimate of drug-likeness (QED) is 0.813. The Morgan fingerprint density at radius 3 is 2.95 bits per heavy atom. The third-order valence-electron chi connectivity index (χ3n) is 5.13. The van der Waals surface area contributed by atoms with E-state index >= 15 is 0 Å². The lowest BCUT2D eigenvalue weighted by Crippen LogP contribution is -2.43. The highest BCUT2D eigenvalue weighted by Gasteiger charge is 2.44. The molecule has 3 heterocycles. The third kappa shape index (κ3) is 1.90. The summed E-state index contributed by atoms with van der Waals surface area (Å²) in [6.07, 6.45) is 4.28. The lowest BCUT2D eigenvalue weighted by Gasteiger charge is -2.32. The van der Waals surface area contributed by atoms with Crippen LogP contribution in [0.15, 0.2) is 18.2 Å². The predicted octanol–water partition coefficient (Wildman–Crippen LogP) is 1.42. The summed E-state index contributed by atoms with van der Waals surface area (Å²) in [6.45, 7) is 1.46. The van der Waals surface area contributed by atoms with Gasteiger partial charge in [0.05, 0.1) is 5.92 Å². The van der Waals surface area contributed by atoms with E-state index in [9.17, 15) is 9.90 Å². The fourth-order valence-electron chi connectivity index (χ4n) is 4.06. The van der Waals surface area contributed by atoms with Gasteiger partial charge in [0.15, 0.2) is 0 Å². The summed E-state index contributed by atoms with van der Waals surface area (Å²) in [5.74, 6) is 0.769. The van der Waals surface area contributed by atoms with Crippen molar-refractivity contribution < 1.29 is 9.90 Å². The van der Waals surface area contributed by atoms with Gasteiger partial charge in [-0.15, -0.1) is 0 Å². The fourth-order valence-corrected chi connectivity index (χ4v) is 4.06. The maximum Gasteiger partial charge on any atom is 0.227 e.